The Hall–Kier alpha value is -0.493. The molecule has 0 aromatic rings. The van der Waals surface area contributed by atoms with Crippen molar-refractivity contribution in [2.24, 2.45) is 0 Å². The Labute approximate surface area is 136 Å². The van der Waals surface area contributed by atoms with Crippen LogP contribution in [0.1, 0.15) is 48.0 Å². The van der Waals surface area contributed by atoms with Crippen molar-refractivity contribution in [3.8, 4) is 0 Å². The molecule has 0 N–H and O–H groups in total. The molecular formula is C17H32O4Si. The summed E-state index contributed by atoms with van der Waals surface area (Å²) in [7, 11) is -2.00. The Bertz CT molecular complexity index is 423. The topological polar surface area (TPSA) is 44.8 Å². The van der Waals surface area contributed by atoms with E-state index in [1.807, 2.05) is 20.8 Å². The molecule has 1 saturated heterocycles. The Morgan fingerprint density at radius 1 is 1.36 bits per heavy atom. The third-order valence-electron chi connectivity index (χ3n) is 4.59. The van der Waals surface area contributed by atoms with Gasteiger partial charge in [0.1, 0.15) is 12.2 Å². The normalized spacial score (nSPS) is 26.7. The van der Waals surface area contributed by atoms with Gasteiger partial charge in [-0.15, -0.1) is 6.58 Å². The molecule has 1 heterocycles. The van der Waals surface area contributed by atoms with Crippen molar-refractivity contribution in [2.45, 2.75) is 90.2 Å². The average molecular weight is 329 g/mol. The Morgan fingerprint density at radius 2 is 1.91 bits per heavy atom. The minimum absolute atomic E-state index is 0.0428. The molecule has 1 rings (SSSR count). The van der Waals surface area contributed by atoms with Gasteiger partial charge in [-0.2, -0.15) is 0 Å². The Morgan fingerprint density at radius 3 is 2.32 bits per heavy atom. The highest BCUT2D eigenvalue weighted by Gasteiger charge is 2.50. The van der Waals surface area contributed by atoms with E-state index in [0.717, 1.165) is 0 Å². The molecule has 3 atom stereocenters. The van der Waals surface area contributed by atoms with Crippen molar-refractivity contribution in [2.75, 3.05) is 0 Å². The zero-order chi connectivity index (χ0) is 17.3. The molecule has 0 aliphatic carbocycles. The molecule has 0 radical (unpaired) electrons. The second-order valence-electron chi connectivity index (χ2n) is 7.92. The molecule has 0 aromatic carbocycles. The number of ketones is 1. The molecule has 0 aromatic heterocycles. The van der Waals surface area contributed by atoms with Gasteiger partial charge in [-0.05, 0) is 32.0 Å². The van der Waals surface area contributed by atoms with Gasteiger partial charge in [0, 0.05) is 6.42 Å². The fourth-order valence-corrected chi connectivity index (χ4v) is 3.51. The van der Waals surface area contributed by atoms with E-state index >= 15 is 0 Å². The van der Waals surface area contributed by atoms with Gasteiger partial charge < -0.3 is 13.9 Å². The maximum Gasteiger partial charge on any atom is 0.193 e. The molecule has 128 valence electrons. The first-order valence-corrected chi connectivity index (χ1v) is 10.9. The smallest absolute Gasteiger partial charge is 0.193 e. The number of hydrogen-bond donors (Lipinski definition) is 0. The summed E-state index contributed by atoms with van der Waals surface area (Å²) in [6, 6.07) is 0. The van der Waals surface area contributed by atoms with Crippen molar-refractivity contribution < 1.29 is 18.7 Å². The van der Waals surface area contributed by atoms with Crippen molar-refractivity contribution in [3.05, 3.63) is 12.7 Å². The van der Waals surface area contributed by atoms with Crippen LogP contribution in [0.15, 0.2) is 12.7 Å². The van der Waals surface area contributed by atoms with Crippen molar-refractivity contribution in [3.63, 3.8) is 0 Å². The predicted molar refractivity (Wildman–Crippen MR) is 91.4 cm³/mol. The van der Waals surface area contributed by atoms with Crippen LogP contribution < -0.4 is 0 Å². The molecule has 1 fully saturated rings. The van der Waals surface area contributed by atoms with Gasteiger partial charge in [0.2, 0.25) is 0 Å². The summed E-state index contributed by atoms with van der Waals surface area (Å²) in [5.41, 5.74) is 0. The lowest BCUT2D eigenvalue weighted by Crippen LogP contribution is -2.49. The second kappa shape index (κ2) is 6.55. The summed E-state index contributed by atoms with van der Waals surface area (Å²) in [5.74, 6) is -0.737. The molecule has 1 aliphatic rings. The van der Waals surface area contributed by atoms with E-state index in [0.29, 0.717) is 6.42 Å². The molecule has 0 amide bonds. The lowest BCUT2D eigenvalue weighted by atomic mass is 10.0. The minimum Gasteiger partial charge on any atom is -0.408 e. The monoisotopic (exact) mass is 328 g/mol. The number of carbonyl (C=O) groups excluding carboxylic acids is 1. The van der Waals surface area contributed by atoms with Crippen LogP contribution in [0.3, 0.4) is 0 Å². The second-order valence-corrected chi connectivity index (χ2v) is 12.7. The quantitative estimate of drug-likeness (QED) is 0.545. The van der Waals surface area contributed by atoms with Crippen LogP contribution in [0.4, 0.5) is 0 Å². The fourth-order valence-electron chi connectivity index (χ4n) is 2.25. The van der Waals surface area contributed by atoms with Gasteiger partial charge >= 0.3 is 0 Å². The van der Waals surface area contributed by atoms with Gasteiger partial charge in [0.15, 0.2) is 19.9 Å². The van der Waals surface area contributed by atoms with Crippen LogP contribution in [0, 0.1) is 0 Å². The first-order chi connectivity index (χ1) is 9.84. The van der Waals surface area contributed by atoms with E-state index in [4.69, 9.17) is 13.9 Å². The van der Waals surface area contributed by atoms with Crippen molar-refractivity contribution in [1.82, 2.24) is 0 Å². The molecule has 0 saturated carbocycles. The summed E-state index contributed by atoms with van der Waals surface area (Å²) in [6.07, 6.45) is 0.793. The molecule has 0 spiro atoms. The number of carbonyl (C=O) groups is 1. The van der Waals surface area contributed by atoms with Gasteiger partial charge in [0.25, 0.3) is 0 Å². The summed E-state index contributed by atoms with van der Waals surface area (Å²) in [4.78, 5) is 12.2. The zero-order valence-electron chi connectivity index (χ0n) is 15.4. The summed E-state index contributed by atoms with van der Waals surface area (Å²) < 4.78 is 18.2. The molecule has 4 nitrogen and oxygen atoms in total. The molecule has 22 heavy (non-hydrogen) atoms. The number of Topliss-reactive ketones (excluding diaryl/α,β-unsaturated/α-hetero) is 1. The zero-order valence-corrected chi connectivity index (χ0v) is 16.4. The highest BCUT2D eigenvalue weighted by molar-refractivity contribution is 6.74. The maximum absolute atomic E-state index is 12.2. The Kier molecular flexibility index (Phi) is 5.82. The average Bonchev–Trinajstić information content (AvgIpc) is 2.69. The highest BCUT2D eigenvalue weighted by Crippen LogP contribution is 2.40. The van der Waals surface area contributed by atoms with Crippen LogP contribution >= 0.6 is 0 Å². The largest absolute Gasteiger partial charge is 0.408 e. The summed E-state index contributed by atoms with van der Waals surface area (Å²) >= 11 is 0. The minimum atomic E-state index is -2.00. The highest BCUT2D eigenvalue weighted by atomic mass is 28.4. The van der Waals surface area contributed by atoms with E-state index in [2.05, 4.69) is 40.4 Å². The lowest BCUT2D eigenvalue weighted by Gasteiger charge is -2.40. The third-order valence-corrected chi connectivity index (χ3v) is 9.06. The molecule has 0 bridgehead atoms. The SMILES string of the molecule is C=CC(O[Si](C)(C)C(C)(C)C)[C@@H]1OC(C)(C)O[C@@H]1C(=O)CC. The summed E-state index contributed by atoms with van der Waals surface area (Å²) in [6.45, 7) is 20.3. The van der Waals surface area contributed by atoms with E-state index < -0.39 is 26.3 Å². The van der Waals surface area contributed by atoms with Crippen LogP contribution in [0.25, 0.3) is 0 Å². The van der Waals surface area contributed by atoms with Gasteiger partial charge in [-0.3, -0.25) is 4.79 Å². The number of rotatable bonds is 6. The van der Waals surface area contributed by atoms with Crippen LogP contribution in [0.5, 0.6) is 0 Å². The van der Waals surface area contributed by atoms with Crippen molar-refractivity contribution >= 4 is 14.1 Å². The van der Waals surface area contributed by atoms with Gasteiger partial charge in [-0.25, -0.2) is 0 Å². The van der Waals surface area contributed by atoms with E-state index in [9.17, 15) is 4.79 Å². The summed E-state index contributed by atoms with van der Waals surface area (Å²) in [5, 5.41) is 0.0769. The van der Waals surface area contributed by atoms with E-state index in [1.54, 1.807) is 6.08 Å². The first-order valence-electron chi connectivity index (χ1n) is 8.03. The Balaban J connectivity index is 3.02. The molecule has 1 aliphatic heterocycles. The van der Waals surface area contributed by atoms with Crippen LogP contribution in [-0.2, 0) is 18.7 Å². The maximum atomic E-state index is 12.2. The fraction of sp³-hybridized carbons (Fsp3) is 0.824. The van der Waals surface area contributed by atoms with Gasteiger partial charge in [-0.1, -0.05) is 33.8 Å². The van der Waals surface area contributed by atoms with Crippen LogP contribution in [0.2, 0.25) is 18.1 Å². The standard InChI is InChI=1S/C17H32O4Si/c1-10-12(18)14-15(20-17(6,7)19-14)13(11-2)21-22(8,9)16(3,4)5/h11,13-15H,2,10H2,1,3-9H3/t13?,14-,15+/m1/s1. The van der Waals surface area contributed by atoms with Gasteiger partial charge in [0.05, 0.1) is 6.10 Å². The third kappa shape index (κ3) is 4.28. The predicted octanol–water partition coefficient (Wildman–Crippen LogP) is 4.06. The molecule has 5 heteroatoms. The van der Waals surface area contributed by atoms with Crippen molar-refractivity contribution in [1.29, 1.82) is 0 Å². The number of hydrogen-bond acceptors (Lipinski definition) is 4. The molecule has 1 unspecified atom stereocenters. The van der Waals surface area contributed by atoms with E-state index in [-0.39, 0.29) is 16.9 Å². The first kappa shape index (κ1) is 19.6. The number of ether oxygens (including phenoxy) is 2. The van der Waals surface area contributed by atoms with Crippen LogP contribution in [-0.4, -0.2) is 38.2 Å². The van der Waals surface area contributed by atoms with E-state index in [1.165, 1.54) is 0 Å². The molecular weight excluding hydrogens is 296 g/mol. The lowest BCUT2D eigenvalue weighted by molar-refractivity contribution is -0.157.